The van der Waals surface area contributed by atoms with Crippen molar-refractivity contribution in [3.63, 3.8) is 0 Å². The van der Waals surface area contributed by atoms with Gasteiger partial charge in [0, 0.05) is 12.2 Å². The smallest absolute Gasteiger partial charge is 0.410 e. The molecular formula is C17H24N2O4. The largest absolute Gasteiger partial charge is 0.472 e. The molecule has 126 valence electrons. The Balaban J connectivity index is 2.05. The third kappa shape index (κ3) is 4.68. The number of piperidine rings is 1. The van der Waals surface area contributed by atoms with Crippen molar-refractivity contribution in [2.24, 2.45) is 0 Å². The highest BCUT2D eigenvalue weighted by Gasteiger charge is 2.33. The molecule has 1 amide bonds. The molecule has 1 aromatic rings. The molecule has 0 N–H and O–H groups in total. The van der Waals surface area contributed by atoms with Crippen LogP contribution >= 0.6 is 0 Å². The fourth-order valence-corrected chi connectivity index (χ4v) is 2.49. The SMILES string of the molecule is C[C@@H]1CC[C@@H](Oc2ncccc2C=O)CN1C(=O)OC(C)(C)C. The van der Waals surface area contributed by atoms with Crippen LogP contribution in [0.1, 0.15) is 50.9 Å². The first kappa shape index (κ1) is 17.2. The van der Waals surface area contributed by atoms with E-state index in [4.69, 9.17) is 9.47 Å². The summed E-state index contributed by atoms with van der Waals surface area (Å²) in [6.07, 6.45) is 3.38. The Hall–Kier alpha value is -2.11. The van der Waals surface area contributed by atoms with Crippen LogP contribution in [0.2, 0.25) is 0 Å². The van der Waals surface area contributed by atoms with Crippen LogP contribution in [0.4, 0.5) is 4.79 Å². The second-order valence-corrected chi connectivity index (χ2v) is 6.81. The van der Waals surface area contributed by atoms with E-state index in [0.717, 1.165) is 19.1 Å². The first-order chi connectivity index (χ1) is 10.8. The van der Waals surface area contributed by atoms with Gasteiger partial charge in [-0.25, -0.2) is 9.78 Å². The van der Waals surface area contributed by atoms with E-state index in [2.05, 4.69) is 4.98 Å². The second-order valence-electron chi connectivity index (χ2n) is 6.81. The zero-order chi connectivity index (χ0) is 17.0. The van der Waals surface area contributed by atoms with Crippen LogP contribution in [-0.4, -0.2) is 46.6 Å². The van der Waals surface area contributed by atoms with Gasteiger partial charge in [-0.3, -0.25) is 4.79 Å². The molecule has 1 fully saturated rings. The van der Waals surface area contributed by atoms with Gasteiger partial charge < -0.3 is 14.4 Å². The van der Waals surface area contributed by atoms with Crippen LogP contribution in [0.15, 0.2) is 18.3 Å². The van der Waals surface area contributed by atoms with Gasteiger partial charge in [-0.05, 0) is 52.7 Å². The summed E-state index contributed by atoms with van der Waals surface area (Å²) in [4.78, 5) is 29.2. The Kier molecular flexibility index (Phi) is 5.23. The highest BCUT2D eigenvalue weighted by molar-refractivity contribution is 5.77. The highest BCUT2D eigenvalue weighted by Crippen LogP contribution is 2.24. The van der Waals surface area contributed by atoms with Gasteiger partial charge in [-0.1, -0.05) is 0 Å². The van der Waals surface area contributed by atoms with Gasteiger partial charge in [0.05, 0.1) is 12.1 Å². The molecule has 1 aromatic heterocycles. The van der Waals surface area contributed by atoms with Crippen molar-refractivity contribution in [2.75, 3.05) is 6.54 Å². The number of pyridine rings is 1. The van der Waals surface area contributed by atoms with Crippen LogP contribution in [0, 0.1) is 0 Å². The lowest BCUT2D eigenvalue weighted by Gasteiger charge is -2.38. The Bertz CT molecular complexity index is 568. The number of aromatic nitrogens is 1. The average Bonchev–Trinajstić information content (AvgIpc) is 2.48. The van der Waals surface area contributed by atoms with Gasteiger partial charge in [-0.15, -0.1) is 0 Å². The molecule has 0 radical (unpaired) electrons. The molecule has 0 aromatic carbocycles. The van der Waals surface area contributed by atoms with Crippen LogP contribution in [0.3, 0.4) is 0 Å². The number of rotatable bonds is 3. The van der Waals surface area contributed by atoms with Gasteiger partial charge in [0.25, 0.3) is 0 Å². The standard InChI is InChI=1S/C17H24N2O4/c1-12-7-8-14(10-19(12)16(21)23-17(2,3)4)22-15-13(11-20)6-5-9-18-15/h5-6,9,11-12,14H,7-8,10H2,1-4H3/t12-,14-/m1/s1. The zero-order valence-corrected chi connectivity index (χ0v) is 14.1. The summed E-state index contributed by atoms with van der Waals surface area (Å²) in [6.45, 7) is 7.95. The van der Waals surface area contributed by atoms with E-state index in [-0.39, 0.29) is 18.2 Å². The highest BCUT2D eigenvalue weighted by atomic mass is 16.6. The number of aldehydes is 1. The lowest BCUT2D eigenvalue weighted by atomic mass is 10.0. The molecule has 0 saturated carbocycles. The molecule has 0 bridgehead atoms. The molecule has 2 heterocycles. The van der Waals surface area contributed by atoms with Crippen molar-refractivity contribution in [2.45, 2.75) is 58.3 Å². The number of likely N-dealkylation sites (tertiary alicyclic amines) is 1. The normalized spacial score (nSPS) is 21.7. The van der Waals surface area contributed by atoms with Gasteiger partial charge >= 0.3 is 6.09 Å². The summed E-state index contributed by atoms with van der Waals surface area (Å²) in [5.74, 6) is 0.311. The van der Waals surface area contributed by atoms with Crippen molar-refractivity contribution in [3.05, 3.63) is 23.9 Å². The van der Waals surface area contributed by atoms with Crippen molar-refractivity contribution < 1.29 is 19.1 Å². The average molecular weight is 320 g/mol. The Labute approximate surface area is 136 Å². The topological polar surface area (TPSA) is 68.7 Å². The van der Waals surface area contributed by atoms with Crippen molar-refractivity contribution >= 4 is 12.4 Å². The Morgan fingerprint density at radius 1 is 1.39 bits per heavy atom. The van der Waals surface area contributed by atoms with Gasteiger partial charge in [0.1, 0.15) is 11.7 Å². The van der Waals surface area contributed by atoms with Gasteiger partial charge in [0.2, 0.25) is 5.88 Å². The number of carbonyl (C=O) groups excluding carboxylic acids is 2. The van der Waals surface area contributed by atoms with Crippen molar-refractivity contribution in [1.82, 2.24) is 9.88 Å². The van der Waals surface area contributed by atoms with E-state index >= 15 is 0 Å². The first-order valence-corrected chi connectivity index (χ1v) is 7.86. The van der Waals surface area contributed by atoms with E-state index in [1.165, 1.54) is 0 Å². The van der Waals surface area contributed by atoms with Crippen LogP contribution in [0.25, 0.3) is 0 Å². The molecule has 2 rings (SSSR count). The summed E-state index contributed by atoms with van der Waals surface area (Å²) in [5.41, 5.74) is -0.119. The van der Waals surface area contributed by atoms with E-state index in [1.807, 2.05) is 27.7 Å². The summed E-state index contributed by atoms with van der Waals surface area (Å²) >= 11 is 0. The predicted octanol–water partition coefficient (Wildman–Crippen LogP) is 3.06. The van der Waals surface area contributed by atoms with E-state index < -0.39 is 5.60 Å². The van der Waals surface area contributed by atoms with Gasteiger partial charge in [-0.2, -0.15) is 0 Å². The van der Waals surface area contributed by atoms with E-state index in [1.54, 1.807) is 23.2 Å². The molecule has 0 spiro atoms. The number of ether oxygens (including phenoxy) is 2. The summed E-state index contributed by atoms with van der Waals surface area (Å²) in [7, 11) is 0. The lowest BCUT2D eigenvalue weighted by molar-refractivity contribution is -0.00607. The molecule has 1 aliphatic heterocycles. The first-order valence-electron chi connectivity index (χ1n) is 7.86. The second kappa shape index (κ2) is 6.98. The van der Waals surface area contributed by atoms with E-state index in [9.17, 15) is 9.59 Å². The number of carbonyl (C=O) groups is 2. The summed E-state index contributed by atoms with van der Waals surface area (Å²) in [5, 5.41) is 0. The predicted molar refractivity (Wildman–Crippen MR) is 85.7 cm³/mol. The minimum atomic E-state index is -0.531. The van der Waals surface area contributed by atoms with Crippen LogP contribution in [-0.2, 0) is 4.74 Å². The molecule has 1 aliphatic rings. The zero-order valence-electron chi connectivity index (χ0n) is 14.1. The molecule has 0 aliphatic carbocycles. The number of nitrogens with zero attached hydrogens (tertiary/aromatic N) is 2. The summed E-state index contributed by atoms with van der Waals surface area (Å²) < 4.78 is 11.3. The number of hydrogen-bond donors (Lipinski definition) is 0. The fourth-order valence-electron chi connectivity index (χ4n) is 2.49. The maximum absolute atomic E-state index is 12.3. The maximum Gasteiger partial charge on any atom is 0.410 e. The molecule has 0 unspecified atom stereocenters. The van der Waals surface area contributed by atoms with Crippen LogP contribution < -0.4 is 4.74 Å². The molecule has 2 atom stereocenters. The Morgan fingerprint density at radius 2 is 2.13 bits per heavy atom. The number of hydrogen-bond acceptors (Lipinski definition) is 5. The molecule has 23 heavy (non-hydrogen) atoms. The number of amides is 1. The minimum Gasteiger partial charge on any atom is -0.472 e. The summed E-state index contributed by atoms with van der Waals surface area (Å²) in [6, 6.07) is 3.44. The lowest BCUT2D eigenvalue weighted by Crippen LogP contribution is -2.50. The van der Waals surface area contributed by atoms with E-state index in [0.29, 0.717) is 18.0 Å². The van der Waals surface area contributed by atoms with Crippen molar-refractivity contribution in [1.29, 1.82) is 0 Å². The monoisotopic (exact) mass is 320 g/mol. The minimum absolute atomic E-state index is 0.0963. The third-order valence-corrected chi connectivity index (χ3v) is 3.67. The van der Waals surface area contributed by atoms with Crippen LogP contribution in [0.5, 0.6) is 5.88 Å². The molecule has 1 saturated heterocycles. The third-order valence-electron chi connectivity index (χ3n) is 3.67. The van der Waals surface area contributed by atoms with Crippen molar-refractivity contribution in [3.8, 4) is 5.88 Å². The Morgan fingerprint density at radius 3 is 2.78 bits per heavy atom. The molecule has 6 nitrogen and oxygen atoms in total. The molecular weight excluding hydrogens is 296 g/mol. The maximum atomic E-state index is 12.3. The quantitative estimate of drug-likeness (QED) is 0.801. The fraction of sp³-hybridized carbons (Fsp3) is 0.588. The molecule has 6 heteroatoms. The van der Waals surface area contributed by atoms with Gasteiger partial charge in [0.15, 0.2) is 6.29 Å².